The maximum atomic E-state index is 6.43. The molecular weight excluding hydrogens is 310 g/mol. The maximum absolute atomic E-state index is 6.43. The highest BCUT2D eigenvalue weighted by Crippen LogP contribution is 2.37. The highest BCUT2D eigenvalue weighted by Gasteiger charge is 2.23. The predicted octanol–water partition coefficient (Wildman–Crippen LogP) is 3.32. The Morgan fingerprint density at radius 1 is 1.30 bits per heavy atom. The van der Waals surface area contributed by atoms with Crippen LogP contribution in [0.4, 0.5) is 5.82 Å². The fourth-order valence-corrected chi connectivity index (χ4v) is 3.39. The summed E-state index contributed by atoms with van der Waals surface area (Å²) in [4.78, 5) is 8.61. The SMILES string of the molecule is CCOc1nccnc1-n1nc(SC)c(C2=CCCCC2)c1N. The largest absolute Gasteiger partial charge is 0.475 e. The van der Waals surface area contributed by atoms with Crippen LogP contribution in [0.15, 0.2) is 23.5 Å². The van der Waals surface area contributed by atoms with Crippen LogP contribution in [0.5, 0.6) is 5.88 Å². The van der Waals surface area contributed by atoms with Crippen molar-refractivity contribution in [2.24, 2.45) is 0 Å². The van der Waals surface area contributed by atoms with Gasteiger partial charge in [0.25, 0.3) is 5.88 Å². The van der Waals surface area contributed by atoms with Crippen LogP contribution < -0.4 is 10.5 Å². The highest BCUT2D eigenvalue weighted by molar-refractivity contribution is 7.98. The standard InChI is InChI=1S/C16H21N5OS/c1-3-22-15-14(18-9-10-19-15)21-13(17)12(16(20-21)23-2)11-7-5-4-6-8-11/h7,9-10H,3-6,8,17H2,1-2H3. The molecule has 0 unspecified atom stereocenters. The van der Waals surface area contributed by atoms with E-state index in [4.69, 9.17) is 10.5 Å². The summed E-state index contributed by atoms with van der Waals surface area (Å²) in [5, 5.41) is 5.57. The molecule has 2 aromatic heterocycles. The van der Waals surface area contributed by atoms with Crippen LogP contribution in [0, 0.1) is 0 Å². The Morgan fingerprint density at radius 2 is 2.13 bits per heavy atom. The topological polar surface area (TPSA) is 78.9 Å². The van der Waals surface area contributed by atoms with Crippen molar-refractivity contribution in [3.63, 3.8) is 0 Å². The minimum absolute atomic E-state index is 0.445. The molecule has 0 aromatic carbocycles. The molecular formula is C16H21N5OS. The van der Waals surface area contributed by atoms with Crippen molar-refractivity contribution in [1.29, 1.82) is 0 Å². The third kappa shape index (κ3) is 3.06. The molecule has 1 aliphatic rings. The molecule has 0 bridgehead atoms. The van der Waals surface area contributed by atoms with E-state index in [1.807, 2.05) is 13.2 Å². The smallest absolute Gasteiger partial charge is 0.259 e. The third-order valence-corrected chi connectivity index (χ3v) is 4.50. The number of anilines is 1. The fraction of sp³-hybridized carbons (Fsp3) is 0.438. The summed E-state index contributed by atoms with van der Waals surface area (Å²) in [5.74, 6) is 1.58. The van der Waals surface area contributed by atoms with Crippen LogP contribution in [0.25, 0.3) is 11.4 Å². The zero-order chi connectivity index (χ0) is 16.2. The van der Waals surface area contributed by atoms with Crippen LogP contribution in [0.3, 0.4) is 0 Å². The van der Waals surface area contributed by atoms with Crippen molar-refractivity contribution in [1.82, 2.24) is 19.7 Å². The second kappa shape index (κ2) is 7.04. The number of ether oxygens (including phenoxy) is 1. The monoisotopic (exact) mass is 331 g/mol. The summed E-state index contributed by atoms with van der Waals surface area (Å²) in [6.07, 6.45) is 12.1. The van der Waals surface area contributed by atoms with E-state index in [0.29, 0.717) is 24.1 Å². The number of nitrogens with two attached hydrogens (primary N) is 1. The van der Waals surface area contributed by atoms with Gasteiger partial charge in [-0.2, -0.15) is 9.78 Å². The van der Waals surface area contributed by atoms with Gasteiger partial charge < -0.3 is 10.5 Å². The second-order valence-corrected chi connectivity index (χ2v) is 6.07. The average Bonchev–Trinajstić information content (AvgIpc) is 2.93. The summed E-state index contributed by atoms with van der Waals surface area (Å²) in [5.41, 5.74) is 8.75. The summed E-state index contributed by atoms with van der Waals surface area (Å²) in [6, 6.07) is 0. The van der Waals surface area contributed by atoms with Gasteiger partial charge in [-0.1, -0.05) is 6.08 Å². The van der Waals surface area contributed by atoms with E-state index in [2.05, 4.69) is 21.1 Å². The molecule has 0 spiro atoms. The third-order valence-electron chi connectivity index (χ3n) is 3.82. The lowest BCUT2D eigenvalue weighted by Crippen LogP contribution is -2.09. The Labute approximate surface area is 140 Å². The minimum Gasteiger partial charge on any atom is -0.475 e. The van der Waals surface area contributed by atoms with Gasteiger partial charge in [-0.25, -0.2) is 9.97 Å². The molecule has 6 nitrogen and oxygen atoms in total. The van der Waals surface area contributed by atoms with Gasteiger partial charge in [0.2, 0.25) is 5.82 Å². The molecule has 0 atom stereocenters. The molecule has 1 aliphatic carbocycles. The van der Waals surface area contributed by atoms with Crippen LogP contribution >= 0.6 is 11.8 Å². The minimum atomic E-state index is 0.445. The number of nitrogens with zero attached hydrogens (tertiary/aromatic N) is 4. The summed E-state index contributed by atoms with van der Waals surface area (Å²) >= 11 is 1.60. The molecule has 0 fully saturated rings. The number of allylic oxidation sites excluding steroid dienone is 2. The van der Waals surface area contributed by atoms with Crippen LogP contribution in [-0.4, -0.2) is 32.6 Å². The number of hydrogen-bond donors (Lipinski definition) is 1. The van der Waals surface area contributed by atoms with Crippen LogP contribution in [-0.2, 0) is 0 Å². The molecule has 7 heteroatoms. The van der Waals surface area contributed by atoms with Crippen LogP contribution in [0.2, 0.25) is 0 Å². The predicted molar refractivity (Wildman–Crippen MR) is 93.0 cm³/mol. The number of rotatable bonds is 5. The molecule has 0 aliphatic heterocycles. The van der Waals surface area contributed by atoms with Crippen molar-refractivity contribution in [2.45, 2.75) is 37.6 Å². The van der Waals surface area contributed by atoms with E-state index >= 15 is 0 Å². The van der Waals surface area contributed by atoms with Crippen LogP contribution in [0.1, 0.15) is 38.2 Å². The van der Waals surface area contributed by atoms with E-state index in [1.165, 1.54) is 18.4 Å². The second-order valence-electron chi connectivity index (χ2n) is 5.27. The molecule has 2 heterocycles. The Bertz CT molecular complexity index is 725. The fourth-order valence-electron chi connectivity index (χ4n) is 2.78. The van der Waals surface area contributed by atoms with Gasteiger partial charge in [-0.15, -0.1) is 11.8 Å². The highest BCUT2D eigenvalue weighted by atomic mass is 32.2. The number of hydrogen-bond acceptors (Lipinski definition) is 6. The maximum Gasteiger partial charge on any atom is 0.259 e. The molecule has 0 radical (unpaired) electrons. The van der Waals surface area contributed by atoms with Crippen molar-refractivity contribution in [2.75, 3.05) is 18.6 Å². The Hall–Kier alpha value is -2.02. The van der Waals surface area contributed by atoms with Gasteiger partial charge in [0.1, 0.15) is 10.8 Å². The van der Waals surface area contributed by atoms with Gasteiger partial charge in [0.15, 0.2) is 0 Å². The Balaban J connectivity index is 2.11. The number of thioether (sulfide) groups is 1. The Morgan fingerprint density at radius 3 is 2.83 bits per heavy atom. The van der Waals surface area contributed by atoms with E-state index in [1.54, 1.807) is 28.8 Å². The van der Waals surface area contributed by atoms with Gasteiger partial charge in [-0.05, 0) is 44.4 Å². The van der Waals surface area contributed by atoms with E-state index < -0.39 is 0 Å². The quantitative estimate of drug-likeness (QED) is 0.847. The van der Waals surface area contributed by atoms with Gasteiger partial charge in [0, 0.05) is 12.4 Å². The zero-order valence-corrected chi connectivity index (χ0v) is 14.3. The first-order valence-corrected chi connectivity index (χ1v) is 9.04. The first-order chi connectivity index (χ1) is 11.3. The first kappa shape index (κ1) is 15.9. The number of aromatic nitrogens is 4. The van der Waals surface area contributed by atoms with Gasteiger partial charge in [-0.3, -0.25) is 0 Å². The van der Waals surface area contributed by atoms with E-state index in [9.17, 15) is 0 Å². The molecule has 0 saturated carbocycles. The molecule has 3 rings (SSSR count). The first-order valence-electron chi connectivity index (χ1n) is 7.82. The molecule has 0 saturated heterocycles. The molecule has 2 N–H and O–H groups in total. The molecule has 23 heavy (non-hydrogen) atoms. The van der Waals surface area contributed by atoms with Crippen molar-refractivity contribution >= 4 is 23.2 Å². The lowest BCUT2D eigenvalue weighted by Gasteiger charge is -2.13. The summed E-state index contributed by atoms with van der Waals surface area (Å²) in [7, 11) is 0. The normalized spacial score (nSPS) is 14.6. The van der Waals surface area contributed by atoms with Crippen molar-refractivity contribution in [3.05, 3.63) is 24.0 Å². The number of nitrogen functional groups attached to an aromatic ring is 1. The molecule has 2 aromatic rings. The lowest BCUT2D eigenvalue weighted by atomic mass is 9.95. The Kier molecular flexibility index (Phi) is 4.85. The molecule has 0 amide bonds. The summed E-state index contributed by atoms with van der Waals surface area (Å²) in [6.45, 7) is 2.43. The lowest BCUT2D eigenvalue weighted by molar-refractivity contribution is 0.323. The zero-order valence-electron chi connectivity index (χ0n) is 13.5. The van der Waals surface area contributed by atoms with E-state index in [0.717, 1.165) is 23.4 Å². The van der Waals surface area contributed by atoms with Crippen molar-refractivity contribution in [3.8, 4) is 11.7 Å². The summed E-state index contributed by atoms with van der Waals surface area (Å²) < 4.78 is 7.21. The van der Waals surface area contributed by atoms with Crippen molar-refractivity contribution < 1.29 is 4.74 Å². The van der Waals surface area contributed by atoms with Gasteiger partial charge in [0.05, 0.1) is 12.2 Å². The molecule has 122 valence electrons. The average molecular weight is 331 g/mol. The van der Waals surface area contributed by atoms with Gasteiger partial charge >= 0.3 is 0 Å². The van der Waals surface area contributed by atoms with E-state index in [-0.39, 0.29) is 0 Å².